The molecular weight excluding hydrogens is 224 g/mol. The number of hydrogen-bond acceptors (Lipinski definition) is 2. The summed E-state index contributed by atoms with van der Waals surface area (Å²) in [5, 5.41) is 10.1. The average Bonchev–Trinajstić information content (AvgIpc) is 2.74. The van der Waals surface area contributed by atoms with Gasteiger partial charge in [0.2, 0.25) is 0 Å². The van der Waals surface area contributed by atoms with Crippen LogP contribution in [0.5, 0.6) is 0 Å². The second-order valence-corrected chi connectivity index (χ2v) is 5.07. The summed E-state index contributed by atoms with van der Waals surface area (Å²) >= 11 is 0. The van der Waals surface area contributed by atoms with E-state index in [4.69, 9.17) is 0 Å². The number of aliphatic hydroxyl groups excluding tert-OH is 1. The summed E-state index contributed by atoms with van der Waals surface area (Å²) in [6.45, 7) is 2.10. The maximum absolute atomic E-state index is 10.1. The lowest BCUT2D eigenvalue weighted by atomic mass is 10.1. The first kappa shape index (κ1) is 11.5. The maximum Gasteiger partial charge on any atom is 0.132 e. The van der Waals surface area contributed by atoms with Gasteiger partial charge in [-0.25, -0.2) is 4.98 Å². The van der Waals surface area contributed by atoms with E-state index in [1.165, 1.54) is 11.1 Å². The van der Waals surface area contributed by atoms with Crippen molar-refractivity contribution in [2.75, 3.05) is 0 Å². The summed E-state index contributed by atoms with van der Waals surface area (Å²) in [6.07, 6.45) is 5.22. The van der Waals surface area contributed by atoms with Gasteiger partial charge in [-0.3, -0.25) is 0 Å². The van der Waals surface area contributed by atoms with E-state index in [0.717, 1.165) is 37.2 Å². The Morgan fingerprint density at radius 1 is 1.44 bits per heavy atom. The van der Waals surface area contributed by atoms with Crippen LogP contribution in [0.1, 0.15) is 41.7 Å². The van der Waals surface area contributed by atoms with Crippen LogP contribution in [0, 0.1) is 6.92 Å². The minimum absolute atomic E-state index is 0.393. The van der Waals surface area contributed by atoms with Crippen molar-refractivity contribution in [2.24, 2.45) is 0 Å². The van der Waals surface area contributed by atoms with Crippen molar-refractivity contribution in [1.29, 1.82) is 0 Å². The number of rotatable bonds is 2. The molecule has 1 unspecified atom stereocenters. The third-order valence-corrected chi connectivity index (χ3v) is 3.59. The van der Waals surface area contributed by atoms with E-state index in [1.54, 1.807) is 0 Å². The van der Waals surface area contributed by atoms with Crippen molar-refractivity contribution in [3.05, 3.63) is 53.1 Å². The third-order valence-electron chi connectivity index (χ3n) is 3.59. The SMILES string of the molecule is Cc1cccc(Cc2ncc3n2C(O)CCC3)c1. The minimum atomic E-state index is -0.393. The highest BCUT2D eigenvalue weighted by Crippen LogP contribution is 2.25. The lowest BCUT2D eigenvalue weighted by molar-refractivity contribution is 0.0762. The van der Waals surface area contributed by atoms with Crippen LogP contribution in [0.2, 0.25) is 0 Å². The number of hydrogen-bond donors (Lipinski definition) is 1. The Balaban J connectivity index is 1.92. The Bertz CT molecular complexity index is 559. The molecule has 0 spiro atoms. The monoisotopic (exact) mass is 242 g/mol. The second-order valence-electron chi connectivity index (χ2n) is 5.07. The van der Waals surface area contributed by atoms with Crippen LogP contribution in [0.4, 0.5) is 0 Å². The highest BCUT2D eigenvalue weighted by Gasteiger charge is 2.20. The minimum Gasteiger partial charge on any atom is -0.373 e. The van der Waals surface area contributed by atoms with Gasteiger partial charge in [0, 0.05) is 18.3 Å². The molecule has 0 radical (unpaired) electrons. The van der Waals surface area contributed by atoms with Gasteiger partial charge in [-0.05, 0) is 31.7 Å². The number of aryl methyl sites for hydroxylation is 2. The predicted molar refractivity (Wildman–Crippen MR) is 70.4 cm³/mol. The van der Waals surface area contributed by atoms with E-state index >= 15 is 0 Å². The smallest absolute Gasteiger partial charge is 0.132 e. The van der Waals surface area contributed by atoms with E-state index in [9.17, 15) is 5.11 Å². The van der Waals surface area contributed by atoms with Crippen molar-refractivity contribution in [3.8, 4) is 0 Å². The summed E-state index contributed by atoms with van der Waals surface area (Å²) in [5.74, 6) is 0.975. The predicted octanol–water partition coefficient (Wildman–Crippen LogP) is 2.61. The molecule has 2 aromatic rings. The zero-order chi connectivity index (χ0) is 12.5. The van der Waals surface area contributed by atoms with Gasteiger partial charge in [0.1, 0.15) is 12.1 Å². The van der Waals surface area contributed by atoms with Gasteiger partial charge >= 0.3 is 0 Å². The normalized spacial score (nSPS) is 18.7. The highest BCUT2D eigenvalue weighted by molar-refractivity contribution is 5.26. The molecule has 94 valence electrons. The number of aromatic nitrogens is 2. The first-order valence-corrected chi connectivity index (χ1v) is 6.52. The second kappa shape index (κ2) is 4.58. The number of benzene rings is 1. The number of imidazole rings is 1. The summed E-state index contributed by atoms with van der Waals surface area (Å²) in [7, 11) is 0. The average molecular weight is 242 g/mol. The topological polar surface area (TPSA) is 38.0 Å². The fourth-order valence-electron chi connectivity index (χ4n) is 2.72. The Morgan fingerprint density at radius 2 is 2.33 bits per heavy atom. The van der Waals surface area contributed by atoms with Crippen LogP contribution in [0.3, 0.4) is 0 Å². The van der Waals surface area contributed by atoms with Gasteiger partial charge in [0.15, 0.2) is 0 Å². The van der Waals surface area contributed by atoms with Crippen molar-refractivity contribution >= 4 is 0 Å². The lowest BCUT2D eigenvalue weighted by Gasteiger charge is -2.22. The Hall–Kier alpha value is -1.61. The Morgan fingerprint density at radius 3 is 3.17 bits per heavy atom. The maximum atomic E-state index is 10.1. The van der Waals surface area contributed by atoms with Crippen LogP contribution < -0.4 is 0 Å². The molecule has 3 nitrogen and oxygen atoms in total. The van der Waals surface area contributed by atoms with E-state index in [-0.39, 0.29) is 0 Å². The molecule has 0 amide bonds. The zero-order valence-corrected chi connectivity index (χ0v) is 10.6. The summed E-state index contributed by atoms with van der Waals surface area (Å²) in [4.78, 5) is 4.48. The molecule has 0 saturated heterocycles. The van der Waals surface area contributed by atoms with E-state index < -0.39 is 6.23 Å². The molecule has 1 aromatic carbocycles. The first-order valence-electron chi connectivity index (χ1n) is 6.52. The summed E-state index contributed by atoms with van der Waals surface area (Å²) in [5.41, 5.74) is 3.68. The van der Waals surface area contributed by atoms with Crippen LogP contribution in [0.25, 0.3) is 0 Å². The van der Waals surface area contributed by atoms with Gasteiger partial charge in [0.25, 0.3) is 0 Å². The van der Waals surface area contributed by atoms with E-state index in [0.29, 0.717) is 0 Å². The fraction of sp³-hybridized carbons (Fsp3) is 0.400. The summed E-state index contributed by atoms with van der Waals surface area (Å²) in [6, 6.07) is 8.46. The fourth-order valence-corrected chi connectivity index (χ4v) is 2.72. The molecule has 3 rings (SSSR count). The van der Waals surface area contributed by atoms with Crippen LogP contribution in [-0.4, -0.2) is 14.7 Å². The van der Waals surface area contributed by atoms with Crippen LogP contribution in [0.15, 0.2) is 30.5 Å². The van der Waals surface area contributed by atoms with E-state index in [1.807, 2.05) is 10.8 Å². The molecule has 2 heterocycles. The molecule has 0 saturated carbocycles. The van der Waals surface area contributed by atoms with Gasteiger partial charge < -0.3 is 9.67 Å². The highest BCUT2D eigenvalue weighted by atomic mass is 16.3. The number of fused-ring (bicyclic) bond motifs is 1. The van der Waals surface area contributed by atoms with Crippen molar-refractivity contribution in [1.82, 2.24) is 9.55 Å². The number of aliphatic hydroxyl groups is 1. The molecule has 1 aromatic heterocycles. The van der Waals surface area contributed by atoms with Gasteiger partial charge in [-0.15, -0.1) is 0 Å². The molecule has 0 fully saturated rings. The molecule has 0 aliphatic carbocycles. The molecule has 1 aliphatic heterocycles. The molecule has 18 heavy (non-hydrogen) atoms. The Labute approximate surface area is 107 Å². The Kier molecular flexibility index (Phi) is 2.92. The van der Waals surface area contributed by atoms with E-state index in [2.05, 4.69) is 36.2 Å². The van der Waals surface area contributed by atoms with Gasteiger partial charge in [0.05, 0.1) is 0 Å². The van der Waals surface area contributed by atoms with Crippen LogP contribution in [-0.2, 0) is 12.8 Å². The summed E-state index contributed by atoms with van der Waals surface area (Å²) < 4.78 is 2.01. The molecule has 1 N–H and O–H groups in total. The van der Waals surface area contributed by atoms with Crippen molar-refractivity contribution in [2.45, 2.75) is 38.8 Å². The van der Waals surface area contributed by atoms with Crippen LogP contribution >= 0.6 is 0 Å². The zero-order valence-electron chi connectivity index (χ0n) is 10.6. The molecule has 1 aliphatic rings. The largest absolute Gasteiger partial charge is 0.373 e. The molecule has 3 heteroatoms. The first-order chi connectivity index (χ1) is 8.74. The van der Waals surface area contributed by atoms with Gasteiger partial charge in [-0.1, -0.05) is 29.8 Å². The standard InChI is InChI=1S/C15H18N2O/c1-11-4-2-5-12(8-11)9-14-16-10-13-6-3-7-15(18)17(13)14/h2,4-5,8,10,15,18H,3,6-7,9H2,1H3. The molecular formula is C15H18N2O. The third kappa shape index (κ3) is 2.06. The quantitative estimate of drug-likeness (QED) is 0.879. The molecule has 0 bridgehead atoms. The van der Waals surface area contributed by atoms with Crippen molar-refractivity contribution in [3.63, 3.8) is 0 Å². The number of nitrogens with zero attached hydrogens (tertiary/aromatic N) is 2. The molecule has 1 atom stereocenters. The van der Waals surface area contributed by atoms with Gasteiger partial charge in [-0.2, -0.15) is 0 Å². The van der Waals surface area contributed by atoms with Crippen molar-refractivity contribution < 1.29 is 5.11 Å². The lowest BCUT2D eigenvalue weighted by Crippen LogP contribution is -2.19.